The van der Waals surface area contributed by atoms with Crippen molar-refractivity contribution in [3.05, 3.63) is 0 Å². The van der Waals surface area contributed by atoms with E-state index < -0.39 is 12.2 Å². The highest BCUT2D eigenvalue weighted by Gasteiger charge is 2.29. The van der Waals surface area contributed by atoms with Gasteiger partial charge in [0.15, 0.2) is 6.17 Å². The molecule has 0 aliphatic carbocycles. The standard InChI is InChI=1S/C7H10N6O/c8-5-4-6(13-7(9)12-5)10-1-3(2-14)11-4/h1,4,6,14H,2H2,(H4,8,9,12,13). The van der Waals surface area contributed by atoms with Gasteiger partial charge in [0.2, 0.25) is 5.96 Å². The van der Waals surface area contributed by atoms with Crippen molar-refractivity contribution < 1.29 is 5.11 Å². The van der Waals surface area contributed by atoms with Crippen LogP contribution in [0.1, 0.15) is 0 Å². The third-order valence-electron chi connectivity index (χ3n) is 1.94. The first-order valence-electron chi connectivity index (χ1n) is 4.09. The minimum Gasteiger partial charge on any atom is -0.390 e. The van der Waals surface area contributed by atoms with Crippen LogP contribution in [0.5, 0.6) is 0 Å². The molecule has 2 unspecified atom stereocenters. The normalized spacial score (nSPS) is 30.2. The highest BCUT2D eigenvalue weighted by molar-refractivity contribution is 6.32. The second-order valence-electron chi connectivity index (χ2n) is 2.94. The van der Waals surface area contributed by atoms with Crippen molar-refractivity contribution in [3.63, 3.8) is 0 Å². The van der Waals surface area contributed by atoms with E-state index >= 15 is 0 Å². The molecule has 2 atom stereocenters. The van der Waals surface area contributed by atoms with E-state index in [1.54, 1.807) is 0 Å². The van der Waals surface area contributed by atoms with E-state index in [0.29, 0.717) is 5.71 Å². The summed E-state index contributed by atoms with van der Waals surface area (Å²) < 4.78 is 0. The molecule has 7 heteroatoms. The predicted octanol–water partition coefficient (Wildman–Crippen LogP) is -2.12. The lowest BCUT2D eigenvalue weighted by Gasteiger charge is -2.23. The summed E-state index contributed by atoms with van der Waals surface area (Å²) in [5.41, 5.74) is 11.5. The number of fused-ring (bicyclic) bond motifs is 1. The zero-order valence-electron chi connectivity index (χ0n) is 7.33. The zero-order chi connectivity index (χ0) is 10.1. The Balaban J connectivity index is 2.31. The van der Waals surface area contributed by atoms with E-state index in [9.17, 15) is 0 Å². The van der Waals surface area contributed by atoms with Crippen molar-refractivity contribution in [2.75, 3.05) is 6.61 Å². The number of nitrogens with zero attached hydrogens (tertiary/aromatic N) is 4. The lowest BCUT2D eigenvalue weighted by Crippen LogP contribution is -2.44. The fraction of sp³-hybridized carbons (Fsp3) is 0.429. The van der Waals surface area contributed by atoms with Gasteiger partial charge in [0.05, 0.1) is 12.3 Å². The van der Waals surface area contributed by atoms with Crippen LogP contribution in [0.4, 0.5) is 0 Å². The number of aliphatic imine (C=N–C) groups is 4. The van der Waals surface area contributed by atoms with Crippen molar-refractivity contribution in [2.24, 2.45) is 31.4 Å². The molecular formula is C7H10N6O. The molecular weight excluding hydrogens is 184 g/mol. The molecule has 0 aromatic heterocycles. The van der Waals surface area contributed by atoms with Gasteiger partial charge in [0.1, 0.15) is 11.9 Å². The SMILES string of the molecule is NC1=NC2N=CC(CO)=NC2C(N)=N1. The average Bonchev–Trinajstić information content (AvgIpc) is 2.17. The fourth-order valence-corrected chi connectivity index (χ4v) is 1.29. The molecule has 2 aliphatic heterocycles. The minimum atomic E-state index is -0.428. The first kappa shape index (κ1) is 8.82. The Kier molecular flexibility index (Phi) is 2.01. The number of hydrogen-bond acceptors (Lipinski definition) is 7. The molecule has 74 valence electrons. The van der Waals surface area contributed by atoms with Crippen molar-refractivity contribution in [2.45, 2.75) is 12.2 Å². The van der Waals surface area contributed by atoms with Crippen molar-refractivity contribution in [1.82, 2.24) is 0 Å². The Morgan fingerprint density at radius 1 is 1.36 bits per heavy atom. The molecule has 0 radical (unpaired) electrons. The number of guanidine groups is 1. The van der Waals surface area contributed by atoms with Crippen LogP contribution >= 0.6 is 0 Å². The molecule has 2 heterocycles. The van der Waals surface area contributed by atoms with E-state index in [-0.39, 0.29) is 18.4 Å². The van der Waals surface area contributed by atoms with Gasteiger partial charge in [-0.25, -0.2) is 4.99 Å². The maximum absolute atomic E-state index is 8.86. The summed E-state index contributed by atoms with van der Waals surface area (Å²) in [6, 6.07) is -0.422. The van der Waals surface area contributed by atoms with Gasteiger partial charge in [0.25, 0.3) is 0 Å². The van der Waals surface area contributed by atoms with Crippen molar-refractivity contribution in [3.8, 4) is 0 Å². The van der Waals surface area contributed by atoms with E-state index in [1.807, 2.05) is 0 Å². The van der Waals surface area contributed by atoms with Crippen LogP contribution in [-0.4, -0.2) is 47.6 Å². The Labute approximate surface area is 80.0 Å². The second kappa shape index (κ2) is 3.18. The van der Waals surface area contributed by atoms with Crippen LogP contribution in [0.2, 0.25) is 0 Å². The van der Waals surface area contributed by atoms with E-state index in [2.05, 4.69) is 20.0 Å². The summed E-state index contributed by atoms with van der Waals surface area (Å²) in [6.07, 6.45) is 1.04. The van der Waals surface area contributed by atoms with Crippen molar-refractivity contribution >= 4 is 23.7 Å². The zero-order valence-corrected chi connectivity index (χ0v) is 7.33. The molecule has 0 bridgehead atoms. The molecule has 14 heavy (non-hydrogen) atoms. The minimum absolute atomic E-state index is 0.114. The summed E-state index contributed by atoms with van der Waals surface area (Å²) >= 11 is 0. The van der Waals surface area contributed by atoms with Crippen LogP contribution in [0, 0.1) is 0 Å². The van der Waals surface area contributed by atoms with Gasteiger partial charge in [-0.2, -0.15) is 4.99 Å². The summed E-state index contributed by atoms with van der Waals surface area (Å²) in [6.45, 7) is -0.167. The van der Waals surface area contributed by atoms with Crippen LogP contribution in [0.3, 0.4) is 0 Å². The Morgan fingerprint density at radius 2 is 2.14 bits per heavy atom. The molecule has 0 aromatic rings. The van der Waals surface area contributed by atoms with E-state index in [1.165, 1.54) is 6.21 Å². The van der Waals surface area contributed by atoms with Gasteiger partial charge >= 0.3 is 0 Å². The molecule has 0 aromatic carbocycles. The Bertz CT molecular complexity index is 368. The lowest BCUT2D eigenvalue weighted by molar-refractivity contribution is 0.358. The first-order valence-corrected chi connectivity index (χ1v) is 4.09. The monoisotopic (exact) mass is 194 g/mol. The number of aliphatic hydroxyl groups excluding tert-OH is 1. The molecule has 5 N–H and O–H groups in total. The molecule has 0 amide bonds. The summed E-state index contributed by atoms with van der Waals surface area (Å²) in [5.74, 6) is 0.397. The topological polar surface area (TPSA) is 122 Å². The molecule has 0 spiro atoms. The largest absolute Gasteiger partial charge is 0.390 e. The third-order valence-corrected chi connectivity index (χ3v) is 1.94. The molecule has 0 saturated heterocycles. The van der Waals surface area contributed by atoms with Crippen LogP contribution in [-0.2, 0) is 0 Å². The smallest absolute Gasteiger partial charge is 0.219 e. The van der Waals surface area contributed by atoms with Gasteiger partial charge in [-0.3, -0.25) is 9.98 Å². The fourth-order valence-electron chi connectivity index (χ4n) is 1.29. The van der Waals surface area contributed by atoms with E-state index in [0.717, 1.165) is 0 Å². The Morgan fingerprint density at radius 3 is 2.86 bits per heavy atom. The second-order valence-corrected chi connectivity index (χ2v) is 2.94. The highest BCUT2D eigenvalue weighted by atomic mass is 16.3. The van der Waals surface area contributed by atoms with Crippen LogP contribution in [0.25, 0.3) is 0 Å². The number of rotatable bonds is 1. The first-order chi connectivity index (χ1) is 6.70. The van der Waals surface area contributed by atoms with Gasteiger partial charge in [0, 0.05) is 6.21 Å². The van der Waals surface area contributed by atoms with Gasteiger partial charge in [-0.15, -0.1) is 0 Å². The van der Waals surface area contributed by atoms with Crippen LogP contribution in [0.15, 0.2) is 20.0 Å². The van der Waals surface area contributed by atoms with Gasteiger partial charge in [-0.1, -0.05) is 0 Å². The third kappa shape index (κ3) is 1.37. The average molecular weight is 194 g/mol. The molecule has 0 fully saturated rings. The predicted molar refractivity (Wildman–Crippen MR) is 53.8 cm³/mol. The molecule has 0 saturated carbocycles. The molecule has 2 aliphatic rings. The quantitative estimate of drug-likeness (QED) is 0.442. The number of aliphatic hydroxyl groups is 1. The molecule has 7 nitrogen and oxygen atoms in total. The summed E-state index contributed by atoms with van der Waals surface area (Å²) in [7, 11) is 0. The maximum atomic E-state index is 8.86. The highest BCUT2D eigenvalue weighted by Crippen LogP contribution is 2.13. The molecule has 2 rings (SSSR count). The number of hydrogen-bond donors (Lipinski definition) is 3. The Hall–Kier alpha value is -1.76. The maximum Gasteiger partial charge on any atom is 0.219 e. The van der Waals surface area contributed by atoms with E-state index in [4.69, 9.17) is 16.6 Å². The lowest BCUT2D eigenvalue weighted by atomic mass is 10.1. The van der Waals surface area contributed by atoms with Crippen LogP contribution < -0.4 is 11.5 Å². The summed E-state index contributed by atoms with van der Waals surface area (Å²) in [4.78, 5) is 16.0. The number of nitrogens with two attached hydrogens (primary N) is 2. The summed E-state index contributed by atoms with van der Waals surface area (Å²) in [5, 5.41) is 8.86. The van der Waals surface area contributed by atoms with Gasteiger partial charge in [-0.05, 0) is 0 Å². The van der Waals surface area contributed by atoms with Gasteiger partial charge < -0.3 is 16.6 Å². The van der Waals surface area contributed by atoms with Crippen molar-refractivity contribution in [1.29, 1.82) is 0 Å². The number of amidine groups is 1.